The first-order valence-electron chi connectivity index (χ1n) is 8.89. The number of ether oxygens (including phenoxy) is 1. The Hall–Kier alpha value is -1.69. The van der Waals surface area contributed by atoms with Gasteiger partial charge in [-0.15, -0.1) is 10.2 Å². The van der Waals surface area contributed by atoms with Crippen LogP contribution in [0.3, 0.4) is 0 Å². The van der Waals surface area contributed by atoms with Crippen molar-refractivity contribution in [1.29, 1.82) is 0 Å². The minimum Gasteiger partial charge on any atom is -0.421 e. The van der Waals surface area contributed by atoms with Gasteiger partial charge < -0.3 is 14.5 Å². The van der Waals surface area contributed by atoms with Gasteiger partial charge >= 0.3 is 0 Å². The standard InChI is InChI=1S/C18H27N3O3/c1-13(22)19-15-4-3-14(11-15)12-17-21-20-16(24-17)5-6-18(2)7-9-23-10-8-18/h5-6,14-15H,3-4,7-12H2,1-2H3,(H,19,22)/b6-5+/t14-,15+/m1/s1. The number of carbonyl (C=O) groups is 1. The Kier molecular flexibility index (Phi) is 5.33. The third-order valence-electron chi connectivity index (χ3n) is 5.16. The summed E-state index contributed by atoms with van der Waals surface area (Å²) in [6, 6.07) is 0.295. The number of aromatic nitrogens is 2. The monoisotopic (exact) mass is 333 g/mol. The van der Waals surface area contributed by atoms with Crippen LogP contribution in [0.25, 0.3) is 6.08 Å². The van der Waals surface area contributed by atoms with E-state index in [9.17, 15) is 4.79 Å². The summed E-state index contributed by atoms with van der Waals surface area (Å²) in [5.74, 6) is 1.83. The van der Waals surface area contributed by atoms with Gasteiger partial charge in [-0.25, -0.2) is 0 Å². The summed E-state index contributed by atoms with van der Waals surface area (Å²) in [6.45, 7) is 5.44. The van der Waals surface area contributed by atoms with Gasteiger partial charge in [0.2, 0.25) is 17.7 Å². The number of amides is 1. The summed E-state index contributed by atoms with van der Waals surface area (Å²) >= 11 is 0. The van der Waals surface area contributed by atoms with Crippen LogP contribution in [0.5, 0.6) is 0 Å². The number of allylic oxidation sites excluding steroid dienone is 1. The first-order chi connectivity index (χ1) is 11.5. The van der Waals surface area contributed by atoms with E-state index in [0.29, 0.717) is 23.7 Å². The zero-order valence-corrected chi connectivity index (χ0v) is 14.6. The lowest BCUT2D eigenvalue weighted by molar-refractivity contribution is -0.119. The van der Waals surface area contributed by atoms with E-state index < -0.39 is 0 Å². The number of carbonyl (C=O) groups excluding carboxylic acids is 1. The van der Waals surface area contributed by atoms with E-state index in [2.05, 4.69) is 28.5 Å². The van der Waals surface area contributed by atoms with Crippen LogP contribution >= 0.6 is 0 Å². The van der Waals surface area contributed by atoms with Crippen LogP contribution < -0.4 is 5.32 Å². The molecule has 1 aromatic heterocycles. The molecule has 1 N–H and O–H groups in total. The number of rotatable bonds is 5. The molecule has 132 valence electrons. The number of nitrogens with one attached hydrogen (secondary N) is 1. The van der Waals surface area contributed by atoms with Crippen molar-refractivity contribution in [2.45, 2.75) is 58.4 Å². The third kappa shape index (κ3) is 4.66. The lowest BCUT2D eigenvalue weighted by Gasteiger charge is -2.30. The molecule has 2 aliphatic rings. The molecule has 0 spiro atoms. The van der Waals surface area contributed by atoms with Gasteiger partial charge in [0.25, 0.3) is 0 Å². The molecule has 0 unspecified atom stereocenters. The van der Waals surface area contributed by atoms with Gasteiger partial charge in [0.15, 0.2) is 0 Å². The zero-order chi connectivity index (χ0) is 17.0. The molecule has 0 bridgehead atoms. The van der Waals surface area contributed by atoms with Gasteiger partial charge in [-0.2, -0.15) is 0 Å². The van der Waals surface area contributed by atoms with Crippen LogP contribution in [0.4, 0.5) is 0 Å². The van der Waals surface area contributed by atoms with Crippen LogP contribution in [0, 0.1) is 11.3 Å². The van der Waals surface area contributed by atoms with E-state index in [4.69, 9.17) is 9.15 Å². The molecular formula is C18H27N3O3. The molecule has 6 heteroatoms. The molecule has 0 aromatic carbocycles. The van der Waals surface area contributed by atoms with Crippen molar-refractivity contribution in [3.05, 3.63) is 17.9 Å². The molecular weight excluding hydrogens is 306 g/mol. The Morgan fingerprint density at radius 2 is 2.12 bits per heavy atom. The molecule has 1 amide bonds. The second kappa shape index (κ2) is 7.47. The van der Waals surface area contributed by atoms with Crippen molar-refractivity contribution in [3.8, 4) is 0 Å². The number of hydrogen-bond acceptors (Lipinski definition) is 5. The average Bonchev–Trinajstić information content (AvgIpc) is 3.16. The minimum atomic E-state index is 0.0486. The topological polar surface area (TPSA) is 77.2 Å². The molecule has 2 fully saturated rings. The predicted octanol–water partition coefficient (Wildman–Crippen LogP) is 2.75. The predicted molar refractivity (Wildman–Crippen MR) is 90.1 cm³/mol. The van der Waals surface area contributed by atoms with Gasteiger partial charge in [-0.1, -0.05) is 13.0 Å². The lowest BCUT2D eigenvalue weighted by Crippen LogP contribution is -2.30. The van der Waals surface area contributed by atoms with Crippen molar-refractivity contribution in [1.82, 2.24) is 15.5 Å². The van der Waals surface area contributed by atoms with Gasteiger partial charge in [-0.3, -0.25) is 4.79 Å². The van der Waals surface area contributed by atoms with Crippen molar-refractivity contribution in [2.75, 3.05) is 13.2 Å². The van der Waals surface area contributed by atoms with E-state index in [1.54, 1.807) is 6.92 Å². The molecule has 2 atom stereocenters. The number of nitrogens with zero attached hydrogens (tertiary/aromatic N) is 2. The SMILES string of the molecule is CC(=O)N[C@H]1CC[C@@H](Cc2nnc(/C=C/C3(C)CCOCC3)o2)C1. The molecule has 24 heavy (non-hydrogen) atoms. The summed E-state index contributed by atoms with van der Waals surface area (Å²) in [5, 5.41) is 11.3. The van der Waals surface area contributed by atoms with Crippen LogP contribution in [0.2, 0.25) is 0 Å². The van der Waals surface area contributed by atoms with E-state index in [1.807, 2.05) is 6.08 Å². The van der Waals surface area contributed by atoms with Crippen molar-refractivity contribution in [2.24, 2.45) is 11.3 Å². The smallest absolute Gasteiger partial charge is 0.240 e. The zero-order valence-electron chi connectivity index (χ0n) is 14.6. The third-order valence-corrected chi connectivity index (χ3v) is 5.16. The van der Waals surface area contributed by atoms with Gasteiger partial charge in [0, 0.05) is 32.6 Å². The molecule has 1 saturated heterocycles. The van der Waals surface area contributed by atoms with Crippen LogP contribution in [0.15, 0.2) is 10.5 Å². The first-order valence-corrected chi connectivity index (χ1v) is 8.89. The fraction of sp³-hybridized carbons (Fsp3) is 0.722. The van der Waals surface area contributed by atoms with E-state index in [0.717, 1.165) is 51.7 Å². The fourth-order valence-electron chi connectivity index (χ4n) is 3.62. The van der Waals surface area contributed by atoms with Crippen molar-refractivity contribution >= 4 is 12.0 Å². The summed E-state index contributed by atoms with van der Waals surface area (Å²) in [6.07, 6.45) is 10.1. The Bertz CT molecular complexity index is 590. The normalized spacial score (nSPS) is 26.8. The highest BCUT2D eigenvalue weighted by Crippen LogP contribution is 2.32. The maximum absolute atomic E-state index is 11.1. The first kappa shape index (κ1) is 17.1. The van der Waals surface area contributed by atoms with Gasteiger partial charge in [0.05, 0.1) is 0 Å². The van der Waals surface area contributed by atoms with Crippen LogP contribution in [-0.2, 0) is 16.0 Å². The van der Waals surface area contributed by atoms with Gasteiger partial charge in [-0.05, 0) is 49.5 Å². The van der Waals surface area contributed by atoms with E-state index >= 15 is 0 Å². The number of hydrogen-bond donors (Lipinski definition) is 1. The summed E-state index contributed by atoms with van der Waals surface area (Å²) in [4.78, 5) is 11.1. The van der Waals surface area contributed by atoms with Crippen LogP contribution in [0.1, 0.15) is 57.7 Å². The highest BCUT2D eigenvalue weighted by molar-refractivity contribution is 5.73. The molecule has 0 radical (unpaired) electrons. The maximum Gasteiger partial charge on any atom is 0.240 e. The van der Waals surface area contributed by atoms with E-state index in [-0.39, 0.29) is 11.3 Å². The van der Waals surface area contributed by atoms with Crippen LogP contribution in [-0.4, -0.2) is 35.4 Å². The highest BCUT2D eigenvalue weighted by atomic mass is 16.5. The Balaban J connectivity index is 1.51. The quantitative estimate of drug-likeness (QED) is 0.896. The Morgan fingerprint density at radius 3 is 2.88 bits per heavy atom. The molecule has 1 aliphatic heterocycles. The van der Waals surface area contributed by atoms with Crippen molar-refractivity contribution in [3.63, 3.8) is 0 Å². The second-order valence-corrected chi connectivity index (χ2v) is 7.41. The maximum atomic E-state index is 11.1. The largest absolute Gasteiger partial charge is 0.421 e. The fourth-order valence-corrected chi connectivity index (χ4v) is 3.62. The molecule has 6 nitrogen and oxygen atoms in total. The summed E-state index contributed by atoms with van der Waals surface area (Å²) < 4.78 is 11.2. The van der Waals surface area contributed by atoms with Crippen molar-refractivity contribution < 1.29 is 13.9 Å². The average molecular weight is 333 g/mol. The molecule has 1 aliphatic carbocycles. The lowest BCUT2D eigenvalue weighted by atomic mass is 9.82. The Labute approximate surface area is 143 Å². The summed E-state index contributed by atoms with van der Waals surface area (Å²) in [5.41, 5.74) is 0.157. The molecule has 3 rings (SSSR count). The molecule has 1 aromatic rings. The molecule has 2 heterocycles. The van der Waals surface area contributed by atoms with E-state index in [1.165, 1.54) is 0 Å². The molecule has 1 saturated carbocycles. The summed E-state index contributed by atoms with van der Waals surface area (Å²) in [7, 11) is 0. The minimum absolute atomic E-state index is 0.0486. The second-order valence-electron chi connectivity index (χ2n) is 7.41. The highest BCUT2D eigenvalue weighted by Gasteiger charge is 2.27. The van der Waals surface area contributed by atoms with Gasteiger partial charge in [0.1, 0.15) is 0 Å². The Morgan fingerprint density at radius 1 is 1.33 bits per heavy atom.